The van der Waals surface area contributed by atoms with E-state index < -0.39 is 5.82 Å². The summed E-state index contributed by atoms with van der Waals surface area (Å²) >= 11 is 3.22. The summed E-state index contributed by atoms with van der Waals surface area (Å²) in [4.78, 5) is 12.2. The van der Waals surface area contributed by atoms with Gasteiger partial charge in [-0.2, -0.15) is 0 Å². The number of halogens is 2. The number of rotatable bonds is 2. The lowest BCUT2D eigenvalue weighted by atomic mass is 10.0. The average molecular weight is 308 g/mol. The van der Waals surface area contributed by atoms with Gasteiger partial charge >= 0.3 is 0 Å². The molecule has 0 spiro atoms. The van der Waals surface area contributed by atoms with Gasteiger partial charge in [-0.15, -0.1) is 0 Å². The number of benzene rings is 2. The number of ketones is 1. The van der Waals surface area contributed by atoms with Crippen molar-refractivity contribution in [1.82, 2.24) is 0 Å². The fraction of sp³-hybridized carbons (Fsp3) is 0.0714. The Morgan fingerprint density at radius 1 is 1.22 bits per heavy atom. The quantitative estimate of drug-likeness (QED) is 0.679. The zero-order valence-corrected chi connectivity index (χ0v) is 11.3. The SMILES string of the molecule is Cc1ccc(C(=O)c2cc(Br)ccc2F)cc1N. The number of carbonyl (C=O) groups excluding carboxylic acids is 1. The molecule has 18 heavy (non-hydrogen) atoms. The van der Waals surface area contributed by atoms with E-state index in [2.05, 4.69) is 15.9 Å². The standard InChI is InChI=1S/C14H11BrFNO/c1-8-2-3-9(6-13(8)17)14(18)11-7-10(15)4-5-12(11)16/h2-7H,17H2,1H3. The topological polar surface area (TPSA) is 43.1 Å². The van der Waals surface area contributed by atoms with Crippen molar-refractivity contribution in [2.75, 3.05) is 5.73 Å². The van der Waals surface area contributed by atoms with E-state index in [4.69, 9.17) is 5.73 Å². The highest BCUT2D eigenvalue weighted by atomic mass is 79.9. The molecule has 0 amide bonds. The van der Waals surface area contributed by atoms with Gasteiger partial charge in [0.05, 0.1) is 5.56 Å². The van der Waals surface area contributed by atoms with Crippen LogP contribution in [-0.2, 0) is 0 Å². The number of aryl methyl sites for hydroxylation is 1. The normalized spacial score (nSPS) is 10.4. The van der Waals surface area contributed by atoms with Crippen molar-refractivity contribution >= 4 is 27.4 Å². The Morgan fingerprint density at radius 2 is 1.94 bits per heavy atom. The van der Waals surface area contributed by atoms with E-state index in [0.717, 1.165) is 5.56 Å². The minimum absolute atomic E-state index is 0.0348. The van der Waals surface area contributed by atoms with Crippen molar-refractivity contribution in [3.05, 3.63) is 63.4 Å². The fourth-order valence-corrected chi connectivity index (χ4v) is 1.97. The summed E-state index contributed by atoms with van der Waals surface area (Å²) in [6.45, 7) is 1.85. The van der Waals surface area contributed by atoms with Crippen molar-refractivity contribution in [3.8, 4) is 0 Å². The molecule has 0 fully saturated rings. The van der Waals surface area contributed by atoms with Crippen LogP contribution in [0.4, 0.5) is 10.1 Å². The number of nitrogens with two attached hydrogens (primary N) is 1. The number of hydrogen-bond donors (Lipinski definition) is 1. The van der Waals surface area contributed by atoms with E-state index in [1.807, 2.05) is 6.92 Å². The molecule has 0 saturated carbocycles. The number of nitrogen functional groups attached to an aromatic ring is 1. The van der Waals surface area contributed by atoms with E-state index in [9.17, 15) is 9.18 Å². The summed E-state index contributed by atoms with van der Waals surface area (Å²) in [5, 5.41) is 0. The molecule has 4 heteroatoms. The first-order valence-corrected chi connectivity index (χ1v) is 6.14. The molecule has 0 saturated heterocycles. The molecule has 2 N–H and O–H groups in total. The third kappa shape index (κ3) is 2.43. The number of carbonyl (C=O) groups is 1. The zero-order valence-electron chi connectivity index (χ0n) is 9.71. The molecule has 0 aromatic heterocycles. The van der Waals surface area contributed by atoms with Crippen LogP contribution in [0.15, 0.2) is 40.9 Å². The van der Waals surface area contributed by atoms with Crippen molar-refractivity contribution in [3.63, 3.8) is 0 Å². The molecule has 0 unspecified atom stereocenters. The first-order chi connectivity index (χ1) is 8.49. The van der Waals surface area contributed by atoms with Crippen LogP contribution in [0.1, 0.15) is 21.5 Å². The summed E-state index contributed by atoms with van der Waals surface area (Å²) in [5.74, 6) is -0.914. The predicted octanol–water partition coefficient (Wildman–Crippen LogP) is 3.71. The Kier molecular flexibility index (Phi) is 3.48. The molecule has 2 rings (SSSR count). The van der Waals surface area contributed by atoms with E-state index in [0.29, 0.717) is 15.7 Å². The molecule has 0 aliphatic heterocycles. The van der Waals surface area contributed by atoms with Gasteiger partial charge in [-0.1, -0.05) is 28.1 Å². The average Bonchev–Trinajstić information content (AvgIpc) is 2.35. The maximum Gasteiger partial charge on any atom is 0.196 e. The van der Waals surface area contributed by atoms with Gasteiger partial charge in [0.1, 0.15) is 5.82 Å². The van der Waals surface area contributed by atoms with Gasteiger partial charge in [-0.3, -0.25) is 4.79 Å². The smallest absolute Gasteiger partial charge is 0.196 e. The van der Waals surface area contributed by atoms with Crippen LogP contribution in [0.25, 0.3) is 0 Å². The first kappa shape index (κ1) is 12.8. The van der Waals surface area contributed by atoms with E-state index in [1.165, 1.54) is 12.1 Å². The molecule has 2 aromatic rings. The van der Waals surface area contributed by atoms with Crippen LogP contribution in [0.3, 0.4) is 0 Å². The van der Waals surface area contributed by atoms with Crippen LogP contribution in [-0.4, -0.2) is 5.78 Å². The minimum Gasteiger partial charge on any atom is -0.398 e. The Bertz CT molecular complexity index is 625. The summed E-state index contributed by atoms with van der Waals surface area (Å²) in [6.07, 6.45) is 0. The second kappa shape index (κ2) is 4.90. The highest BCUT2D eigenvalue weighted by molar-refractivity contribution is 9.10. The maximum atomic E-state index is 13.6. The second-order valence-corrected chi connectivity index (χ2v) is 4.94. The monoisotopic (exact) mass is 307 g/mol. The Morgan fingerprint density at radius 3 is 2.61 bits per heavy atom. The van der Waals surface area contributed by atoms with E-state index in [-0.39, 0.29) is 11.3 Å². The number of hydrogen-bond acceptors (Lipinski definition) is 2. The van der Waals surface area contributed by atoms with Crippen LogP contribution in [0, 0.1) is 12.7 Å². The molecule has 92 valence electrons. The first-order valence-electron chi connectivity index (χ1n) is 5.35. The molecule has 0 radical (unpaired) electrons. The summed E-state index contributed by atoms with van der Waals surface area (Å²) in [7, 11) is 0. The highest BCUT2D eigenvalue weighted by Gasteiger charge is 2.15. The Hall–Kier alpha value is -1.68. The van der Waals surface area contributed by atoms with Crippen molar-refractivity contribution in [2.45, 2.75) is 6.92 Å². The zero-order chi connectivity index (χ0) is 13.3. The van der Waals surface area contributed by atoms with Crippen LogP contribution in [0.5, 0.6) is 0 Å². The summed E-state index contributed by atoms with van der Waals surface area (Å²) in [5.41, 5.74) is 7.58. The number of anilines is 1. The third-order valence-corrected chi connectivity index (χ3v) is 3.21. The minimum atomic E-state index is -0.539. The molecule has 2 aromatic carbocycles. The lowest BCUT2D eigenvalue weighted by molar-refractivity contribution is 0.103. The Labute approximate surface area is 113 Å². The van der Waals surface area contributed by atoms with Gasteiger partial charge in [0.2, 0.25) is 0 Å². The molecular formula is C14H11BrFNO. The van der Waals surface area contributed by atoms with E-state index in [1.54, 1.807) is 24.3 Å². The fourth-order valence-electron chi connectivity index (χ4n) is 1.61. The third-order valence-electron chi connectivity index (χ3n) is 2.71. The van der Waals surface area contributed by atoms with Crippen LogP contribution in [0.2, 0.25) is 0 Å². The maximum absolute atomic E-state index is 13.6. The lowest BCUT2D eigenvalue weighted by Gasteiger charge is -2.06. The summed E-state index contributed by atoms with van der Waals surface area (Å²) < 4.78 is 14.3. The Balaban J connectivity index is 2.47. The van der Waals surface area contributed by atoms with Crippen molar-refractivity contribution in [2.24, 2.45) is 0 Å². The van der Waals surface area contributed by atoms with Gasteiger partial charge in [-0.05, 0) is 36.8 Å². The summed E-state index contributed by atoms with van der Waals surface area (Å²) in [6, 6.07) is 9.24. The van der Waals surface area contributed by atoms with E-state index >= 15 is 0 Å². The molecule has 0 aliphatic rings. The van der Waals surface area contributed by atoms with Crippen LogP contribution >= 0.6 is 15.9 Å². The molecular weight excluding hydrogens is 297 g/mol. The largest absolute Gasteiger partial charge is 0.398 e. The van der Waals surface area contributed by atoms with Gasteiger partial charge in [0, 0.05) is 15.7 Å². The molecule has 0 heterocycles. The van der Waals surface area contributed by atoms with Crippen LogP contribution < -0.4 is 5.73 Å². The van der Waals surface area contributed by atoms with Gasteiger partial charge in [0.25, 0.3) is 0 Å². The highest BCUT2D eigenvalue weighted by Crippen LogP contribution is 2.21. The molecule has 2 nitrogen and oxygen atoms in total. The molecule has 0 aliphatic carbocycles. The van der Waals surface area contributed by atoms with Crippen molar-refractivity contribution < 1.29 is 9.18 Å². The predicted molar refractivity (Wildman–Crippen MR) is 73.1 cm³/mol. The second-order valence-electron chi connectivity index (χ2n) is 4.02. The van der Waals surface area contributed by atoms with Gasteiger partial charge < -0.3 is 5.73 Å². The van der Waals surface area contributed by atoms with Crippen molar-refractivity contribution in [1.29, 1.82) is 0 Å². The molecule has 0 atom stereocenters. The van der Waals surface area contributed by atoms with Gasteiger partial charge in [-0.25, -0.2) is 4.39 Å². The van der Waals surface area contributed by atoms with Gasteiger partial charge in [0.15, 0.2) is 5.78 Å². The lowest BCUT2D eigenvalue weighted by Crippen LogP contribution is -2.05. The molecule has 0 bridgehead atoms.